The molecule has 0 fully saturated rings. The Balaban J connectivity index is 2.45. The Labute approximate surface area is 113 Å². The normalized spacial score (nSPS) is 11.8. The maximum Gasteiger partial charge on any atom is 0.308 e. The van der Waals surface area contributed by atoms with Crippen LogP contribution in [0.5, 0.6) is 0 Å². The number of thiazole rings is 1. The second-order valence-corrected chi connectivity index (χ2v) is 5.17. The summed E-state index contributed by atoms with van der Waals surface area (Å²) in [4.78, 5) is 16.6. The molecule has 0 saturated heterocycles. The second-order valence-electron chi connectivity index (χ2n) is 4.11. The molecule has 19 heavy (non-hydrogen) atoms. The fraction of sp³-hybridized carbons (Fsp3) is 0.231. The number of rotatable bonds is 3. The summed E-state index contributed by atoms with van der Waals surface area (Å²) < 4.78 is 14.6. The Morgan fingerprint density at radius 2 is 2.05 bits per heavy atom. The molecule has 0 spiro atoms. The van der Waals surface area contributed by atoms with Crippen molar-refractivity contribution in [3.8, 4) is 0 Å². The number of hydrogen-bond acceptors (Lipinski definition) is 3. The zero-order valence-electron chi connectivity index (χ0n) is 10.6. The van der Waals surface area contributed by atoms with E-state index in [-0.39, 0.29) is 12.2 Å². The van der Waals surface area contributed by atoms with Crippen LogP contribution in [0.1, 0.15) is 10.6 Å². The van der Waals surface area contributed by atoms with E-state index in [0.29, 0.717) is 10.5 Å². The number of nitrogens with zero attached hydrogens (tertiary/aromatic N) is 2. The molecule has 4 nitrogen and oxygen atoms in total. The molecule has 1 N–H and O–H groups in total. The van der Waals surface area contributed by atoms with Gasteiger partial charge in [-0.05, 0) is 31.2 Å². The highest BCUT2D eigenvalue weighted by Gasteiger charge is 2.10. The Bertz CT molecular complexity index is 671. The minimum Gasteiger partial charge on any atom is -0.481 e. The van der Waals surface area contributed by atoms with Gasteiger partial charge >= 0.3 is 5.97 Å². The topological polar surface area (TPSA) is 54.6 Å². The zero-order chi connectivity index (χ0) is 14.0. The molecule has 6 heteroatoms. The van der Waals surface area contributed by atoms with E-state index in [2.05, 4.69) is 4.99 Å². The third-order valence-corrected chi connectivity index (χ3v) is 4.01. The summed E-state index contributed by atoms with van der Waals surface area (Å²) in [5.74, 6) is -1.17. The highest BCUT2D eigenvalue weighted by Crippen LogP contribution is 2.15. The van der Waals surface area contributed by atoms with Crippen LogP contribution in [0, 0.1) is 12.7 Å². The van der Waals surface area contributed by atoms with E-state index < -0.39 is 5.97 Å². The van der Waals surface area contributed by atoms with Crippen molar-refractivity contribution >= 4 is 23.0 Å². The summed E-state index contributed by atoms with van der Waals surface area (Å²) in [5.41, 5.74) is 1.52. The van der Waals surface area contributed by atoms with Crippen LogP contribution in [0.3, 0.4) is 0 Å². The number of aromatic nitrogens is 1. The van der Waals surface area contributed by atoms with E-state index in [1.165, 1.54) is 23.5 Å². The van der Waals surface area contributed by atoms with Gasteiger partial charge in [0.2, 0.25) is 0 Å². The van der Waals surface area contributed by atoms with Crippen LogP contribution in [0.2, 0.25) is 0 Å². The smallest absolute Gasteiger partial charge is 0.308 e. The summed E-state index contributed by atoms with van der Waals surface area (Å²) >= 11 is 1.34. The van der Waals surface area contributed by atoms with Gasteiger partial charge < -0.3 is 9.67 Å². The van der Waals surface area contributed by atoms with Gasteiger partial charge in [0, 0.05) is 17.6 Å². The van der Waals surface area contributed by atoms with Gasteiger partial charge in [0.05, 0.1) is 12.1 Å². The van der Waals surface area contributed by atoms with E-state index >= 15 is 0 Å². The zero-order valence-corrected chi connectivity index (χ0v) is 11.4. The maximum atomic E-state index is 12.8. The molecular formula is C13H13FN2O2S. The van der Waals surface area contributed by atoms with Crippen LogP contribution in [-0.4, -0.2) is 15.6 Å². The van der Waals surface area contributed by atoms with E-state index in [4.69, 9.17) is 5.11 Å². The highest BCUT2D eigenvalue weighted by atomic mass is 32.1. The summed E-state index contributed by atoms with van der Waals surface area (Å²) in [5, 5.41) is 8.84. The first-order chi connectivity index (χ1) is 8.97. The molecule has 0 aliphatic carbocycles. The lowest BCUT2D eigenvalue weighted by Crippen LogP contribution is -2.11. The van der Waals surface area contributed by atoms with Crippen LogP contribution in [0.25, 0.3) is 0 Å². The Morgan fingerprint density at radius 3 is 2.63 bits per heavy atom. The van der Waals surface area contributed by atoms with Crippen molar-refractivity contribution in [1.29, 1.82) is 0 Å². The lowest BCUT2D eigenvalue weighted by atomic mass is 10.3. The molecule has 2 aromatic rings. The summed E-state index contributed by atoms with van der Waals surface area (Å²) in [6, 6.07) is 5.86. The van der Waals surface area contributed by atoms with E-state index in [0.717, 1.165) is 10.6 Å². The molecule has 0 radical (unpaired) electrons. The van der Waals surface area contributed by atoms with Crippen LogP contribution < -0.4 is 4.80 Å². The van der Waals surface area contributed by atoms with Gasteiger partial charge in [-0.15, -0.1) is 11.3 Å². The maximum absolute atomic E-state index is 12.8. The number of halogens is 1. The van der Waals surface area contributed by atoms with Crippen molar-refractivity contribution in [2.45, 2.75) is 13.3 Å². The average Bonchev–Trinajstić information content (AvgIpc) is 2.60. The van der Waals surface area contributed by atoms with Crippen molar-refractivity contribution in [1.82, 2.24) is 4.57 Å². The van der Waals surface area contributed by atoms with Gasteiger partial charge in [-0.2, -0.15) is 0 Å². The molecule has 0 aliphatic heterocycles. The quantitative estimate of drug-likeness (QED) is 0.938. The van der Waals surface area contributed by atoms with Gasteiger partial charge in [-0.25, -0.2) is 9.38 Å². The van der Waals surface area contributed by atoms with Crippen LogP contribution in [0.15, 0.2) is 29.3 Å². The highest BCUT2D eigenvalue weighted by molar-refractivity contribution is 7.09. The molecule has 100 valence electrons. The van der Waals surface area contributed by atoms with Crippen LogP contribution in [-0.2, 0) is 18.3 Å². The van der Waals surface area contributed by atoms with Crippen molar-refractivity contribution < 1.29 is 14.3 Å². The number of hydrogen-bond donors (Lipinski definition) is 1. The molecule has 0 unspecified atom stereocenters. The van der Waals surface area contributed by atoms with Crippen LogP contribution >= 0.6 is 11.3 Å². The predicted octanol–water partition coefficient (Wildman–Crippen LogP) is 2.39. The van der Waals surface area contributed by atoms with Crippen molar-refractivity contribution in [3.63, 3.8) is 0 Å². The standard InChI is InChI=1S/C13H13FN2O2S/c1-8-11(7-12(17)18)19-13(16(8)2)15-10-5-3-9(14)4-6-10/h3-6H,7H2,1-2H3,(H,17,18). The minimum absolute atomic E-state index is 0.0106. The minimum atomic E-state index is -0.863. The molecule has 2 rings (SSSR count). The third kappa shape index (κ3) is 3.08. The fourth-order valence-electron chi connectivity index (χ4n) is 1.61. The molecule has 1 aromatic carbocycles. The van der Waals surface area contributed by atoms with Gasteiger partial charge in [0.25, 0.3) is 0 Å². The largest absolute Gasteiger partial charge is 0.481 e. The number of carbonyl (C=O) groups is 1. The lowest BCUT2D eigenvalue weighted by Gasteiger charge is -1.97. The summed E-state index contributed by atoms with van der Waals surface area (Å²) in [6.45, 7) is 1.86. The molecule has 0 atom stereocenters. The second kappa shape index (κ2) is 5.36. The van der Waals surface area contributed by atoms with Crippen molar-refractivity contribution in [3.05, 3.63) is 45.5 Å². The summed E-state index contributed by atoms with van der Waals surface area (Å²) in [6.07, 6.45) is -0.0106. The third-order valence-electron chi connectivity index (χ3n) is 2.77. The first-order valence-electron chi connectivity index (χ1n) is 5.65. The molecule has 1 heterocycles. The first-order valence-corrected chi connectivity index (χ1v) is 6.46. The van der Waals surface area contributed by atoms with Gasteiger partial charge in [0.1, 0.15) is 5.82 Å². The number of carboxylic acid groups (broad SMARTS) is 1. The Morgan fingerprint density at radius 1 is 1.42 bits per heavy atom. The Kier molecular flexibility index (Phi) is 3.80. The fourth-order valence-corrected chi connectivity index (χ4v) is 2.73. The monoisotopic (exact) mass is 280 g/mol. The van der Waals surface area contributed by atoms with Gasteiger partial charge in [-0.3, -0.25) is 4.79 Å². The van der Waals surface area contributed by atoms with Crippen LogP contribution in [0.4, 0.5) is 10.1 Å². The van der Waals surface area contributed by atoms with E-state index in [1.54, 1.807) is 12.1 Å². The number of aliphatic carboxylic acids is 1. The SMILES string of the molecule is Cc1c(CC(=O)O)sc(=Nc2ccc(F)cc2)n1C. The molecule has 1 aromatic heterocycles. The summed E-state index contributed by atoms with van der Waals surface area (Å²) in [7, 11) is 1.83. The molecule has 0 amide bonds. The predicted molar refractivity (Wildman–Crippen MR) is 71.0 cm³/mol. The van der Waals surface area contributed by atoms with E-state index in [9.17, 15) is 9.18 Å². The first kappa shape index (κ1) is 13.5. The van der Waals surface area contributed by atoms with E-state index in [1.807, 2.05) is 18.5 Å². The molecule has 0 aliphatic rings. The van der Waals surface area contributed by atoms with Crippen molar-refractivity contribution in [2.75, 3.05) is 0 Å². The average molecular weight is 280 g/mol. The number of benzene rings is 1. The molecular weight excluding hydrogens is 267 g/mol. The Hall–Kier alpha value is -1.95. The van der Waals surface area contributed by atoms with Gasteiger partial charge in [0.15, 0.2) is 4.80 Å². The number of carboxylic acids is 1. The molecule has 0 saturated carbocycles. The van der Waals surface area contributed by atoms with Crippen molar-refractivity contribution in [2.24, 2.45) is 12.0 Å². The lowest BCUT2D eigenvalue weighted by molar-refractivity contribution is -0.136. The molecule has 0 bridgehead atoms. The van der Waals surface area contributed by atoms with Gasteiger partial charge in [-0.1, -0.05) is 0 Å².